The zero-order valence-corrected chi connectivity index (χ0v) is 14.5. The molecule has 0 bridgehead atoms. The maximum Gasteiger partial charge on any atom is 0.193 e. The molecule has 3 rings (SSSR count). The Morgan fingerprint density at radius 2 is 2.00 bits per heavy atom. The SMILES string of the molecule is COc1ccc(NC(N)=NCc2cn3c(C)cccc3n2)cc1OC. The summed E-state index contributed by atoms with van der Waals surface area (Å²) in [5.41, 5.74) is 9.61. The summed E-state index contributed by atoms with van der Waals surface area (Å²) >= 11 is 0. The second-order valence-electron chi connectivity index (χ2n) is 5.52. The molecule has 0 fully saturated rings. The zero-order chi connectivity index (χ0) is 17.8. The first kappa shape index (κ1) is 16.6. The molecule has 0 unspecified atom stereocenters. The molecule has 0 aliphatic heterocycles. The summed E-state index contributed by atoms with van der Waals surface area (Å²) in [6, 6.07) is 11.4. The Kier molecular flexibility index (Phi) is 4.74. The van der Waals surface area contributed by atoms with Crippen molar-refractivity contribution in [3.63, 3.8) is 0 Å². The third-order valence-corrected chi connectivity index (χ3v) is 3.81. The van der Waals surface area contributed by atoms with E-state index in [4.69, 9.17) is 15.2 Å². The number of anilines is 1. The molecule has 2 heterocycles. The quantitative estimate of drug-likeness (QED) is 0.551. The first-order valence-corrected chi connectivity index (χ1v) is 7.83. The number of imidazole rings is 1. The minimum absolute atomic E-state index is 0.306. The number of nitrogens with zero attached hydrogens (tertiary/aromatic N) is 3. The van der Waals surface area contributed by atoms with Crippen molar-refractivity contribution in [3.8, 4) is 11.5 Å². The van der Waals surface area contributed by atoms with E-state index in [2.05, 4.69) is 15.3 Å². The van der Waals surface area contributed by atoms with Gasteiger partial charge in [0.25, 0.3) is 0 Å². The highest BCUT2D eigenvalue weighted by Crippen LogP contribution is 2.29. The first-order valence-electron chi connectivity index (χ1n) is 7.83. The van der Waals surface area contributed by atoms with Gasteiger partial charge in [-0.15, -0.1) is 0 Å². The van der Waals surface area contributed by atoms with E-state index in [9.17, 15) is 0 Å². The Hall–Kier alpha value is -3.22. The van der Waals surface area contributed by atoms with Gasteiger partial charge in [0.15, 0.2) is 17.5 Å². The number of aliphatic imine (C=N–C) groups is 1. The number of aromatic nitrogens is 2. The fourth-order valence-electron chi connectivity index (χ4n) is 2.54. The highest BCUT2D eigenvalue weighted by Gasteiger charge is 2.06. The van der Waals surface area contributed by atoms with Crippen molar-refractivity contribution in [2.24, 2.45) is 10.7 Å². The molecular formula is C18H21N5O2. The van der Waals surface area contributed by atoms with Gasteiger partial charge in [0.2, 0.25) is 0 Å². The molecule has 130 valence electrons. The van der Waals surface area contributed by atoms with Gasteiger partial charge in [0, 0.05) is 23.6 Å². The minimum Gasteiger partial charge on any atom is -0.493 e. The number of methoxy groups -OCH3 is 2. The van der Waals surface area contributed by atoms with E-state index in [-0.39, 0.29) is 0 Å². The Balaban J connectivity index is 1.72. The lowest BCUT2D eigenvalue weighted by Crippen LogP contribution is -2.22. The number of ether oxygens (including phenoxy) is 2. The molecule has 3 N–H and O–H groups in total. The van der Waals surface area contributed by atoms with Crippen LogP contribution in [0.5, 0.6) is 11.5 Å². The molecule has 0 amide bonds. The van der Waals surface area contributed by atoms with E-state index < -0.39 is 0 Å². The lowest BCUT2D eigenvalue weighted by Gasteiger charge is -2.10. The lowest BCUT2D eigenvalue weighted by atomic mass is 10.3. The lowest BCUT2D eigenvalue weighted by molar-refractivity contribution is 0.355. The van der Waals surface area contributed by atoms with Gasteiger partial charge in [-0.3, -0.25) is 0 Å². The van der Waals surface area contributed by atoms with Crippen molar-refractivity contribution in [1.29, 1.82) is 0 Å². The van der Waals surface area contributed by atoms with Crippen molar-refractivity contribution >= 4 is 17.3 Å². The summed E-state index contributed by atoms with van der Waals surface area (Å²) in [4.78, 5) is 8.89. The molecule has 3 aromatic rings. The Morgan fingerprint density at radius 3 is 2.72 bits per heavy atom. The summed E-state index contributed by atoms with van der Waals surface area (Å²) in [6.45, 7) is 2.43. The molecule has 0 aliphatic rings. The largest absolute Gasteiger partial charge is 0.493 e. The third kappa shape index (κ3) is 3.65. The summed E-state index contributed by atoms with van der Waals surface area (Å²) in [5, 5.41) is 3.04. The van der Waals surface area contributed by atoms with Crippen molar-refractivity contribution in [2.75, 3.05) is 19.5 Å². The predicted molar refractivity (Wildman–Crippen MR) is 98.4 cm³/mol. The minimum atomic E-state index is 0.306. The number of rotatable bonds is 5. The number of hydrogen-bond donors (Lipinski definition) is 2. The van der Waals surface area contributed by atoms with Gasteiger partial charge >= 0.3 is 0 Å². The van der Waals surface area contributed by atoms with Gasteiger partial charge in [0.1, 0.15) is 5.65 Å². The van der Waals surface area contributed by atoms with Crippen LogP contribution in [0.1, 0.15) is 11.4 Å². The van der Waals surface area contributed by atoms with Crippen molar-refractivity contribution in [1.82, 2.24) is 9.38 Å². The van der Waals surface area contributed by atoms with Crippen molar-refractivity contribution in [3.05, 3.63) is 54.0 Å². The number of hydrogen-bond acceptors (Lipinski definition) is 4. The van der Waals surface area contributed by atoms with Gasteiger partial charge in [-0.1, -0.05) is 6.07 Å². The molecule has 0 atom stereocenters. The number of aryl methyl sites for hydroxylation is 1. The first-order chi connectivity index (χ1) is 12.1. The second-order valence-corrected chi connectivity index (χ2v) is 5.52. The van der Waals surface area contributed by atoms with Gasteiger partial charge in [0.05, 0.1) is 26.5 Å². The van der Waals surface area contributed by atoms with E-state index in [0.717, 1.165) is 22.7 Å². The van der Waals surface area contributed by atoms with Crippen LogP contribution in [0, 0.1) is 6.92 Å². The van der Waals surface area contributed by atoms with Crippen LogP contribution in [0.25, 0.3) is 5.65 Å². The fraction of sp³-hybridized carbons (Fsp3) is 0.222. The predicted octanol–water partition coefficient (Wildman–Crippen LogP) is 2.59. The number of guanidine groups is 1. The Bertz CT molecular complexity index is 917. The molecule has 0 saturated carbocycles. The molecule has 7 nitrogen and oxygen atoms in total. The number of benzene rings is 1. The van der Waals surface area contributed by atoms with Crippen molar-refractivity contribution < 1.29 is 9.47 Å². The maximum atomic E-state index is 5.97. The topological polar surface area (TPSA) is 86.2 Å². The standard InChI is InChI=1S/C18H21N5O2/c1-12-5-4-6-17-21-14(11-23(12)17)10-20-18(19)22-13-7-8-15(24-2)16(9-13)25-3/h4-9,11H,10H2,1-3H3,(H3,19,20,22). The average Bonchev–Trinajstić information content (AvgIpc) is 3.04. The average molecular weight is 339 g/mol. The van der Waals surface area contributed by atoms with E-state index >= 15 is 0 Å². The third-order valence-electron chi connectivity index (χ3n) is 3.81. The summed E-state index contributed by atoms with van der Waals surface area (Å²) in [7, 11) is 3.18. The number of nitrogens with two attached hydrogens (primary N) is 1. The van der Waals surface area contributed by atoms with Crippen LogP contribution in [-0.2, 0) is 6.54 Å². The summed E-state index contributed by atoms with van der Waals surface area (Å²) in [6.07, 6.45) is 1.97. The highest BCUT2D eigenvalue weighted by molar-refractivity contribution is 5.92. The van der Waals surface area contributed by atoms with E-state index in [1.807, 2.05) is 41.8 Å². The summed E-state index contributed by atoms with van der Waals surface area (Å²) < 4.78 is 12.5. The number of fused-ring (bicyclic) bond motifs is 1. The van der Waals surface area contributed by atoms with Crippen LogP contribution in [0.15, 0.2) is 47.6 Å². The van der Waals surface area contributed by atoms with Crippen LogP contribution < -0.4 is 20.5 Å². The smallest absolute Gasteiger partial charge is 0.193 e. The van der Waals surface area contributed by atoms with Crippen LogP contribution >= 0.6 is 0 Å². The van der Waals surface area contributed by atoms with Gasteiger partial charge in [-0.05, 0) is 31.2 Å². The normalized spacial score (nSPS) is 11.6. The van der Waals surface area contributed by atoms with Crippen LogP contribution in [0.2, 0.25) is 0 Å². The maximum absolute atomic E-state index is 5.97. The van der Waals surface area contributed by atoms with Gasteiger partial charge in [-0.2, -0.15) is 0 Å². The monoisotopic (exact) mass is 339 g/mol. The molecule has 1 aromatic carbocycles. The molecule has 25 heavy (non-hydrogen) atoms. The Labute approximate surface area is 146 Å². The molecule has 0 radical (unpaired) electrons. The van der Waals surface area contributed by atoms with Crippen LogP contribution in [-0.4, -0.2) is 29.6 Å². The highest BCUT2D eigenvalue weighted by atomic mass is 16.5. The number of pyridine rings is 1. The van der Waals surface area contributed by atoms with Gasteiger partial charge < -0.3 is 24.9 Å². The molecule has 2 aromatic heterocycles. The fourth-order valence-corrected chi connectivity index (χ4v) is 2.54. The molecule has 0 aliphatic carbocycles. The van der Waals surface area contributed by atoms with Crippen LogP contribution in [0.3, 0.4) is 0 Å². The molecular weight excluding hydrogens is 318 g/mol. The zero-order valence-electron chi connectivity index (χ0n) is 14.5. The van der Waals surface area contributed by atoms with E-state index in [1.54, 1.807) is 26.4 Å². The molecule has 0 saturated heterocycles. The van der Waals surface area contributed by atoms with E-state index in [0.29, 0.717) is 24.0 Å². The molecule has 7 heteroatoms. The van der Waals surface area contributed by atoms with Gasteiger partial charge in [-0.25, -0.2) is 9.98 Å². The summed E-state index contributed by atoms with van der Waals surface area (Å²) in [5.74, 6) is 1.58. The van der Waals surface area contributed by atoms with Crippen LogP contribution in [0.4, 0.5) is 5.69 Å². The number of nitrogens with one attached hydrogen (secondary N) is 1. The Morgan fingerprint density at radius 1 is 1.20 bits per heavy atom. The second kappa shape index (κ2) is 7.12. The van der Waals surface area contributed by atoms with Crippen molar-refractivity contribution in [2.45, 2.75) is 13.5 Å². The molecule has 0 spiro atoms. The van der Waals surface area contributed by atoms with E-state index in [1.165, 1.54) is 0 Å².